The van der Waals surface area contributed by atoms with Crippen molar-refractivity contribution in [2.45, 2.75) is 19.8 Å². The molecule has 0 atom stereocenters. The number of ether oxygens (including phenoxy) is 1. The number of fused-ring (bicyclic) bond motifs is 1. The monoisotopic (exact) mass is 381 g/mol. The topological polar surface area (TPSA) is 63.6 Å². The summed E-state index contributed by atoms with van der Waals surface area (Å²) in [5.41, 5.74) is 4.44. The minimum atomic E-state index is -0.309. The van der Waals surface area contributed by atoms with Gasteiger partial charge in [0.05, 0.1) is 18.3 Å². The molecule has 27 heavy (non-hydrogen) atoms. The third kappa shape index (κ3) is 5.05. The maximum Gasteiger partial charge on any atom is 0.271 e. The highest BCUT2D eigenvalue weighted by atomic mass is 35.5. The minimum absolute atomic E-state index is 0.309. The minimum Gasteiger partial charge on any atom is -0.494 e. The normalized spacial score (nSPS) is 11.0. The zero-order chi connectivity index (χ0) is 19.1. The summed E-state index contributed by atoms with van der Waals surface area (Å²) in [4.78, 5) is 16.5. The lowest BCUT2D eigenvalue weighted by Gasteiger charge is -2.06. The van der Waals surface area contributed by atoms with E-state index in [-0.39, 0.29) is 5.91 Å². The molecule has 2 aromatic carbocycles. The van der Waals surface area contributed by atoms with Crippen LogP contribution in [0.3, 0.4) is 0 Å². The molecule has 3 rings (SSSR count). The maximum absolute atomic E-state index is 12.2. The third-order valence-corrected chi connectivity index (χ3v) is 4.26. The second kappa shape index (κ2) is 9.14. The van der Waals surface area contributed by atoms with Gasteiger partial charge in [0.25, 0.3) is 5.91 Å². The number of halogens is 1. The molecule has 0 aliphatic heterocycles. The van der Waals surface area contributed by atoms with Crippen LogP contribution < -0.4 is 10.2 Å². The van der Waals surface area contributed by atoms with E-state index in [1.807, 2.05) is 30.3 Å². The molecule has 0 bridgehead atoms. The van der Waals surface area contributed by atoms with Gasteiger partial charge in [-0.15, -0.1) is 0 Å². The number of aromatic nitrogens is 1. The third-order valence-electron chi connectivity index (χ3n) is 3.96. The molecule has 0 saturated carbocycles. The predicted octanol–water partition coefficient (Wildman–Crippen LogP) is 4.83. The highest BCUT2D eigenvalue weighted by molar-refractivity contribution is 6.32. The number of rotatable bonds is 7. The number of pyridine rings is 1. The van der Waals surface area contributed by atoms with Crippen molar-refractivity contribution in [3.8, 4) is 5.75 Å². The van der Waals surface area contributed by atoms with Gasteiger partial charge in [0, 0.05) is 16.5 Å². The van der Waals surface area contributed by atoms with Crippen molar-refractivity contribution in [1.82, 2.24) is 10.4 Å². The predicted molar refractivity (Wildman–Crippen MR) is 109 cm³/mol. The number of hydrogen-bond acceptors (Lipinski definition) is 4. The van der Waals surface area contributed by atoms with Gasteiger partial charge in [-0.05, 0) is 42.8 Å². The largest absolute Gasteiger partial charge is 0.494 e. The summed E-state index contributed by atoms with van der Waals surface area (Å²) in [6.45, 7) is 2.78. The number of nitrogens with zero attached hydrogens (tertiary/aromatic N) is 2. The zero-order valence-corrected chi connectivity index (χ0v) is 15.7. The molecule has 138 valence electrons. The summed E-state index contributed by atoms with van der Waals surface area (Å²) in [5.74, 6) is 0.439. The van der Waals surface area contributed by atoms with Gasteiger partial charge in [-0.3, -0.25) is 4.79 Å². The SMILES string of the molecule is CCCCOc1ccc(C(=O)N/N=C\c2cc3ccccc3nc2Cl)cc1. The average molecular weight is 382 g/mol. The van der Waals surface area contributed by atoms with E-state index in [9.17, 15) is 4.79 Å². The highest BCUT2D eigenvalue weighted by Gasteiger charge is 2.06. The van der Waals surface area contributed by atoms with Crippen LogP contribution in [0.4, 0.5) is 0 Å². The number of hydrazone groups is 1. The van der Waals surface area contributed by atoms with Crippen molar-refractivity contribution in [1.29, 1.82) is 0 Å². The van der Waals surface area contributed by atoms with Crippen LogP contribution >= 0.6 is 11.6 Å². The van der Waals surface area contributed by atoms with E-state index in [0.717, 1.165) is 29.5 Å². The fourth-order valence-corrected chi connectivity index (χ4v) is 2.66. The molecule has 0 saturated heterocycles. The number of nitrogens with one attached hydrogen (secondary N) is 1. The number of carbonyl (C=O) groups excluding carboxylic acids is 1. The summed E-state index contributed by atoms with van der Waals surface area (Å²) >= 11 is 6.18. The van der Waals surface area contributed by atoms with E-state index in [1.54, 1.807) is 24.3 Å². The Bertz CT molecular complexity index is 955. The lowest BCUT2D eigenvalue weighted by Crippen LogP contribution is -2.17. The number of unbranched alkanes of at least 4 members (excludes halogenated alkanes) is 1. The van der Waals surface area contributed by atoms with Gasteiger partial charge in [0.15, 0.2) is 0 Å². The van der Waals surface area contributed by atoms with Gasteiger partial charge in [-0.25, -0.2) is 10.4 Å². The van der Waals surface area contributed by atoms with Crippen molar-refractivity contribution in [3.63, 3.8) is 0 Å². The van der Waals surface area contributed by atoms with Crippen molar-refractivity contribution in [3.05, 3.63) is 70.9 Å². The number of hydrogen-bond donors (Lipinski definition) is 1. The molecule has 0 radical (unpaired) electrons. The van der Waals surface area contributed by atoms with E-state index >= 15 is 0 Å². The Labute approximate surface area is 163 Å². The molecular weight excluding hydrogens is 362 g/mol. The van der Waals surface area contributed by atoms with E-state index in [1.165, 1.54) is 6.21 Å². The lowest BCUT2D eigenvalue weighted by atomic mass is 10.2. The molecule has 0 spiro atoms. The number of benzene rings is 2. The molecule has 1 N–H and O–H groups in total. The standard InChI is InChI=1S/C21H20ClN3O2/c1-2-3-12-27-18-10-8-15(9-11-18)21(26)25-23-14-17-13-16-6-4-5-7-19(16)24-20(17)22/h4-11,13-14H,2-3,12H2,1H3,(H,25,26)/b23-14-. The first kappa shape index (κ1) is 18.9. The zero-order valence-electron chi connectivity index (χ0n) is 15.0. The van der Waals surface area contributed by atoms with Gasteiger partial charge in [0.1, 0.15) is 10.9 Å². The second-order valence-electron chi connectivity index (χ2n) is 5.99. The van der Waals surface area contributed by atoms with Crippen LogP contribution in [-0.2, 0) is 0 Å². The molecule has 0 aliphatic rings. The Hall–Kier alpha value is -2.92. The van der Waals surface area contributed by atoms with Crippen molar-refractivity contribution in [2.24, 2.45) is 5.10 Å². The van der Waals surface area contributed by atoms with Crippen LogP contribution in [0.5, 0.6) is 5.75 Å². The smallest absolute Gasteiger partial charge is 0.271 e. The average Bonchev–Trinajstić information content (AvgIpc) is 2.69. The van der Waals surface area contributed by atoms with Crippen molar-refractivity contribution < 1.29 is 9.53 Å². The fraction of sp³-hybridized carbons (Fsp3) is 0.190. The molecule has 1 aromatic heterocycles. The van der Waals surface area contributed by atoms with E-state index in [4.69, 9.17) is 16.3 Å². The van der Waals surface area contributed by atoms with Gasteiger partial charge in [0.2, 0.25) is 0 Å². The Morgan fingerprint density at radius 2 is 2.00 bits per heavy atom. The quantitative estimate of drug-likeness (QED) is 0.276. The second-order valence-corrected chi connectivity index (χ2v) is 6.34. The van der Waals surface area contributed by atoms with Crippen LogP contribution in [-0.4, -0.2) is 23.7 Å². The lowest BCUT2D eigenvalue weighted by molar-refractivity contribution is 0.0955. The number of para-hydroxylation sites is 1. The van der Waals surface area contributed by atoms with E-state index in [0.29, 0.717) is 22.9 Å². The summed E-state index contributed by atoms with van der Waals surface area (Å²) in [6, 6.07) is 16.5. The summed E-state index contributed by atoms with van der Waals surface area (Å²) in [7, 11) is 0. The van der Waals surface area contributed by atoms with Crippen LogP contribution in [0.1, 0.15) is 35.7 Å². The summed E-state index contributed by atoms with van der Waals surface area (Å²) < 4.78 is 5.59. The van der Waals surface area contributed by atoms with Gasteiger partial charge in [-0.2, -0.15) is 5.10 Å². The van der Waals surface area contributed by atoms with Crippen LogP contribution in [0.25, 0.3) is 10.9 Å². The summed E-state index contributed by atoms with van der Waals surface area (Å²) in [6.07, 6.45) is 3.57. The summed E-state index contributed by atoms with van der Waals surface area (Å²) in [5, 5.41) is 5.27. The van der Waals surface area contributed by atoms with Gasteiger partial charge < -0.3 is 4.74 Å². The van der Waals surface area contributed by atoms with Crippen molar-refractivity contribution in [2.75, 3.05) is 6.61 Å². The first-order valence-electron chi connectivity index (χ1n) is 8.79. The van der Waals surface area contributed by atoms with Gasteiger partial charge >= 0.3 is 0 Å². The number of amides is 1. The molecular formula is C21H20ClN3O2. The Balaban J connectivity index is 1.62. The molecule has 0 aliphatic carbocycles. The first-order valence-corrected chi connectivity index (χ1v) is 9.16. The van der Waals surface area contributed by atoms with E-state index < -0.39 is 0 Å². The Kier molecular flexibility index (Phi) is 6.39. The highest BCUT2D eigenvalue weighted by Crippen LogP contribution is 2.19. The molecule has 5 nitrogen and oxygen atoms in total. The molecule has 0 unspecified atom stereocenters. The first-order chi connectivity index (χ1) is 13.2. The van der Waals surface area contributed by atoms with Crippen LogP contribution in [0, 0.1) is 0 Å². The molecule has 3 aromatic rings. The van der Waals surface area contributed by atoms with Gasteiger partial charge in [-0.1, -0.05) is 43.1 Å². The molecule has 1 amide bonds. The van der Waals surface area contributed by atoms with Crippen molar-refractivity contribution >= 4 is 34.6 Å². The molecule has 0 fully saturated rings. The van der Waals surface area contributed by atoms with E-state index in [2.05, 4.69) is 22.4 Å². The fourth-order valence-electron chi connectivity index (χ4n) is 2.46. The number of carbonyl (C=O) groups is 1. The molecule has 1 heterocycles. The van der Waals surface area contributed by atoms with Crippen LogP contribution in [0.2, 0.25) is 5.15 Å². The maximum atomic E-state index is 12.2. The molecule has 6 heteroatoms. The Morgan fingerprint density at radius 3 is 2.78 bits per heavy atom. The van der Waals surface area contributed by atoms with Crippen LogP contribution in [0.15, 0.2) is 59.7 Å². The Morgan fingerprint density at radius 1 is 1.22 bits per heavy atom.